The molecule has 0 amide bonds. The first kappa shape index (κ1) is 10.6. The van der Waals surface area contributed by atoms with E-state index in [0.717, 1.165) is 0 Å². The molecule has 0 spiro atoms. The summed E-state index contributed by atoms with van der Waals surface area (Å²) in [4.78, 5) is 0. The SMILES string of the molecule is O=S1C(F)(Br)C(F)=C(F)C1(F)Br. The van der Waals surface area contributed by atoms with Gasteiger partial charge >= 0.3 is 0 Å². The third kappa shape index (κ3) is 1.19. The number of rotatable bonds is 0. The molecule has 0 aliphatic carbocycles. The van der Waals surface area contributed by atoms with Crippen molar-refractivity contribution in [3.8, 4) is 0 Å². The zero-order valence-corrected chi connectivity index (χ0v) is 9.07. The van der Waals surface area contributed by atoms with Gasteiger partial charge in [-0.05, 0) is 31.9 Å². The number of alkyl halides is 4. The fraction of sp³-hybridized carbons (Fsp3) is 0.500. The monoisotopic (exact) mass is 330 g/mol. The molecule has 70 valence electrons. The molecule has 1 nitrogen and oxygen atoms in total. The predicted octanol–water partition coefficient (Wildman–Crippen LogP) is 2.94. The third-order valence-electron chi connectivity index (χ3n) is 1.17. The van der Waals surface area contributed by atoms with Gasteiger partial charge in [0.2, 0.25) is 0 Å². The van der Waals surface area contributed by atoms with E-state index in [-0.39, 0.29) is 0 Å². The van der Waals surface area contributed by atoms with E-state index in [1.165, 1.54) is 0 Å². The molecule has 1 aliphatic heterocycles. The Balaban J connectivity index is 3.31. The molecule has 0 aromatic rings. The summed E-state index contributed by atoms with van der Waals surface area (Å²) >= 11 is 3.96. The van der Waals surface area contributed by atoms with Crippen molar-refractivity contribution in [2.24, 2.45) is 0 Å². The van der Waals surface area contributed by atoms with Crippen molar-refractivity contribution in [1.82, 2.24) is 0 Å². The summed E-state index contributed by atoms with van der Waals surface area (Å²) in [6.45, 7) is 0. The van der Waals surface area contributed by atoms with Gasteiger partial charge in [0.05, 0.1) is 0 Å². The first-order valence-corrected chi connectivity index (χ1v) is 5.19. The van der Waals surface area contributed by atoms with Crippen LogP contribution >= 0.6 is 31.9 Å². The van der Waals surface area contributed by atoms with Crippen LogP contribution in [0.2, 0.25) is 0 Å². The fourth-order valence-corrected chi connectivity index (χ4v) is 3.74. The molecular weight excluding hydrogens is 332 g/mol. The zero-order chi connectivity index (χ0) is 9.73. The van der Waals surface area contributed by atoms with Gasteiger partial charge in [0, 0.05) is 0 Å². The molecule has 0 aromatic heterocycles. The van der Waals surface area contributed by atoms with Gasteiger partial charge in [-0.25, -0.2) is 17.6 Å². The molecule has 8 heteroatoms. The van der Waals surface area contributed by atoms with E-state index in [2.05, 4.69) is 0 Å². The largest absolute Gasteiger partial charge is 0.296 e. The van der Waals surface area contributed by atoms with E-state index in [1.54, 1.807) is 0 Å². The van der Waals surface area contributed by atoms with Crippen LogP contribution in [0.3, 0.4) is 0 Å². The van der Waals surface area contributed by atoms with Crippen LogP contribution in [0.15, 0.2) is 11.7 Å². The van der Waals surface area contributed by atoms with Crippen molar-refractivity contribution in [2.75, 3.05) is 0 Å². The standard InChI is InChI=1S/C4Br2F4OS/c5-3(9)1(7)2(8)4(6,10)12(3)11. The summed E-state index contributed by atoms with van der Waals surface area (Å²) in [6.07, 6.45) is 0. The lowest BCUT2D eigenvalue weighted by molar-refractivity contribution is 0.364. The number of hydrogen-bond donors (Lipinski definition) is 0. The molecule has 1 heterocycles. The maximum Gasteiger partial charge on any atom is 0.296 e. The first-order valence-electron chi connectivity index (χ1n) is 2.46. The maximum atomic E-state index is 12.8. The Morgan fingerprint density at radius 3 is 1.42 bits per heavy atom. The van der Waals surface area contributed by atoms with Crippen LogP contribution in [-0.2, 0) is 10.8 Å². The minimum Gasteiger partial charge on any atom is -0.250 e. The second-order valence-electron chi connectivity index (χ2n) is 1.93. The predicted molar refractivity (Wildman–Crippen MR) is 42.9 cm³/mol. The maximum absolute atomic E-state index is 12.8. The van der Waals surface area contributed by atoms with E-state index in [4.69, 9.17) is 0 Å². The molecule has 0 N–H and O–H groups in total. The van der Waals surface area contributed by atoms with Crippen LogP contribution in [0.25, 0.3) is 0 Å². The molecule has 0 aromatic carbocycles. The summed E-state index contributed by atoms with van der Waals surface area (Å²) < 4.78 is 54.7. The molecule has 0 saturated carbocycles. The molecule has 1 aliphatic rings. The summed E-state index contributed by atoms with van der Waals surface area (Å²) in [5.74, 6) is -4.08. The molecule has 0 bridgehead atoms. The minimum absolute atomic E-state index is 1.98. The van der Waals surface area contributed by atoms with Crippen LogP contribution in [0.4, 0.5) is 17.6 Å². The van der Waals surface area contributed by atoms with Crippen LogP contribution in [-0.4, -0.2) is 12.0 Å². The summed E-state index contributed by atoms with van der Waals surface area (Å²) in [5, 5.41) is 0. The van der Waals surface area contributed by atoms with Gasteiger partial charge < -0.3 is 0 Å². The average Bonchev–Trinajstić information content (AvgIpc) is 2.06. The molecule has 2 unspecified atom stereocenters. The Kier molecular flexibility index (Phi) is 2.47. The van der Waals surface area contributed by atoms with Gasteiger partial charge in [0.15, 0.2) is 11.7 Å². The molecule has 12 heavy (non-hydrogen) atoms. The smallest absolute Gasteiger partial charge is 0.250 e. The van der Waals surface area contributed by atoms with E-state index >= 15 is 0 Å². The van der Waals surface area contributed by atoms with E-state index in [0.29, 0.717) is 0 Å². The van der Waals surface area contributed by atoms with E-state index < -0.39 is 30.3 Å². The molecule has 0 saturated heterocycles. The van der Waals surface area contributed by atoms with Gasteiger partial charge in [0.25, 0.3) is 7.82 Å². The van der Waals surface area contributed by atoms with Crippen molar-refractivity contribution in [1.29, 1.82) is 0 Å². The Hall–Kier alpha value is 0.570. The van der Waals surface area contributed by atoms with Crippen LogP contribution < -0.4 is 0 Å². The zero-order valence-electron chi connectivity index (χ0n) is 5.08. The van der Waals surface area contributed by atoms with Crippen LogP contribution in [0.5, 0.6) is 0 Å². The summed E-state index contributed by atoms with van der Waals surface area (Å²) in [5.41, 5.74) is 0. The van der Waals surface area contributed by atoms with Crippen molar-refractivity contribution in [3.63, 3.8) is 0 Å². The van der Waals surface area contributed by atoms with Gasteiger partial charge in [-0.1, -0.05) is 0 Å². The Morgan fingerprint density at radius 2 is 1.33 bits per heavy atom. The summed E-state index contributed by atoms with van der Waals surface area (Å²) in [7, 11) is -3.03. The lowest BCUT2D eigenvalue weighted by Gasteiger charge is -2.11. The quantitative estimate of drug-likeness (QED) is 0.493. The Labute approximate surface area is 83.9 Å². The molecule has 1 rings (SSSR count). The fourth-order valence-electron chi connectivity index (χ4n) is 0.579. The first-order chi connectivity index (χ1) is 5.22. The van der Waals surface area contributed by atoms with Crippen LogP contribution in [0, 0.1) is 0 Å². The highest BCUT2D eigenvalue weighted by Crippen LogP contribution is 2.54. The summed E-state index contributed by atoms with van der Waals surface area (Å²) in [6, 6.07) is 0. The van der Waals surface area contributed by atoms with E-state index in [9.17, 15) is 21.8 Å². The Morgan fingerprint density at radius 1 is 1.08 bits per heavy atom. The van der Waals surface area contributed by atoms with Crippen molar-refractivity contribution >= 4 is 42.7 Å². The number of halogens is 6. The highest BCUT2D eigenvalue weighted by molar-refractivity contribution is 9.13. The van der Waals surface area contributed by atoms with Gasteiger partial charge in [-0.3, -0.25) is 4.21 Å². The molecule has 0 radical (unpaired) electrons. The highest BCUT2D eigenvalue weighted by atomic mass is 79.9. The molecule has 0 fully saturated rings. The Bertz CT molecular complexity index is 261. The second-order valence-corrected chi connectivity index (χ2v) is 6.83. The van der Waals surface area contributed by atoms with Gasteiger partial charge in [0.1, 0.15) is 10.8 Å². The highest BCUT2D eigenvalue weighted by Gasteiger charge is 2.63. The van der Waals surface area contributed by atoms with Crippen molar-refractivity contribution in [2.45, 2.75) is 7.82 Å². The molecular formula is C4Br2F4OS. The van der Waals surface area contributed by atoms with E-state index in [1.807, 2.05) is 31.9 Å². The average molecular weight is 332 g/mol. The van der Waals surface area contributed by atoms with Gasteiger partial charge in [-0.2, -0.15) is 0 Å². The minimum atomic E-state index is -3.28. The normalized spacial score (nSPS) is 48.7. The second kappa shape index (κ2) is 2.78. The van der Waals surface area contributed by atoms with Crippen LogP contribution in [0.1, 0.15) is 0 Å². The van der Waals surface area contributed by atoms with Crippen molar-refractivity contribution in [3.05, 3.63) is 11.7 Å². The lowest BCUT2D eigenvalue weighted by Crippen LogP contribution is -2.26. The lowest BCUT2D eigenvalue weighted by atomic mass is 10.5. The van der Waals surface area contributed by atoms with Gasteiger partial charge in [-0.15, -0.1) is 0 Å². The third-order valence-corrected chi connectivity index (χ3v) is 4.92. The molecule has 2 atom stereocenters. The van der Waals surface area contributed by atoms with Crippen molar-refractivity contribution < 1.29 is 21.8 Å². The topological polar surface area (TPSA) is 17.1 Å². The number of hydrogen-bond acceptors (Lipinski definition) is 1.